The number of Topliss-reactive ketones (excluding diaryl/α,β-unsaturated/α-hetero) is 2. The Balaban J connectivity index is 0.758. The molecule has 63 heavy (non-hydrogen) atoms. The zero-order valence-electron chi connectivity index (χ0n) is 36.0. The van der Waals surface area contributed by atoms with Gasteiger partial charge in [0.15, 0.2) is 46.8 Å². The van der Waals surface area contributed by atoms with Crippen molar-refractivity contribution < 1.29 is 48.3 Å². The summed E-state index contributed by atoms with van der Waals surface area (Å²) >= 11 is 1.51. The molecule has 13 rings (SSSR count). The molecular formula is C50H54N2O10S. The van der Waals surface area contributed by atoms with Crippen LogP contribution in [0.15, 0.2) is 24.3 Å². The first-order valence-electron chi connectivity index (χ1n) is 23.5. The zero-order valence-corrected chi connectivity index (χ0v) is 36.8. The molecule has 2 N–H and O–H groups in total. The van der Waals surface area contributed by atoms with E-state index in [0.29, 0.717) is 73.0 Å². The summed E-state index contributed by atoms with van der Waals surface area (Å²) in [6.45, 7) is 7.37. The maximum absolute atomic E-state index is 14.0. The van der Waals surface area contributed by atoms with Crippen LogP contribution in [0.5, 0.6) is 23.0 Å². The fourth-order valence-electron chi connectivity index (χ4n) is 14.5. The highest BCUT2D eigenvalue weighted by atomic mass is 32.1. The molecular weight excluding hydrogens is 821 g/mol. The molecule has 330 valence electrons. The van der Waals surface area contributed by atoms with E-state index in [0.717, 1.165) is 58.2 Å². The van der Waals surface area contributed by atoms with Crippen LogP contribution in [0, 0.1) is 25.7 Å². The number of ketones is 2. The molecule has 4 bridgehead atoms. The van der Waals surface area contributed by atoms with E-state index in [2.05, 4.69) is 9.80 Å². The van der Waals surface area contributed by atoms with Gasteiger partial charge in [0.2, 0.25) is 0 Å². The average Bonchev–Trinajstić information content (AvgIpc) is 4.16. The topological polar surface area (TPSA) is 152 Å². The van der Waals surface area contributed by atoms with E-state index in [1.54, 1.807) is 12.1 Å². The van der Waals surface area contributed by atoms with Gasteiger partial charge in [0.1, 0.15) is 0 Å². The van der Waals surface area contributed by atoms with Gasteiger partial charge in [-0.3, -0.25) is 29.0 Å². The Morgan fingerprint density at radius 2 is 1.11 bits per heavy atom. The standard InChI is InChI=1S/C50H54N2O10S/c1-25-31(21-39(55)59-35-9-7-29-19-37-49(57)13-11-33(53)45-47(49,41(29)43(35)61-45)15-17-51(37)23-27-3-4-27)32(26(2)63-25)22-40(56)60-36-10-8-30-20-38-50(58)14-12-34(54)46-48(50,42(30)44(36)62-46)16-18-52(38)24-28-5-6-28/h7-10,27-28,37-38,45-46,57-58H,3-6,11-24H2,1-2H3/t37-,38-,45+,46+,47+,48+,49-,50-/m1/s1. The van der Waals surface area contributed by atoms with Crippen molar-refractivity contribution in [2.45, 2.75) is 150 Å². The van der Waals surface area contributed by atoms with Crippen molar-refractivity contribution in [2.24, 2.45) is 11.8 Å². The lowest BCUT2D eigenvalue weighted by atomic mass is 9.49. The van der Waals surface area contributed by atoms with Crippen molar-refractivity contribution in [3.63, 3.8) is 0 Å². The highest BCUT2D eigenvalue weighted by Gasteiger charge is 2.75. The minimum absolute atomic E-state index is 0.0156. The molecule has 5 heterocycles. The lowest BCUT2D eigenvalue weighted by molar-refractivity contribution is -0.188. The Kier molecular flexibility index (Phi) is 8.25. The number of carbonyl (C=O) groups excluding carboxylic acids is 4. The van der Waals surface area contributed by atoms with Crippen LogP contribution in [0.1, 0.15) is 107 Å². The van der Waals surface area contributed by atoms with Crippen molar-refractivity contribution in [3.8, 4) is 23.0 Å². The van der Waals surface area contributed by atoms with Crippen LogP contribution in [0.3, 0.4) is 0 Å². The second-order valence-corrected chi connectivity index (χ2v) is 22.3. The van der Waals surface area contributed by atoms with Crippen LogP contribution < -0.4 is 18.9 Å². The molecule has 3 aromatic rings. The number of aliphatic hydroxyl groups is 2. The molecule has 1 aromatic heterocycles. The molecule has 4 saturated carbocycles. The number of hydrogen-bond donors (Lipinski definition) is 2. The Morgan fingerprint density at radius 1 is 0.683 bits per heavy atom. The normalized spacial score (nSPS) is 35.4. The van der Waals surface area contributed by atoms with Crippen molar-refractivity contribution in [1.29, 1.82) is 0 Å². The summed E-state index contributed by atoms with van der Waals surface area (Å²) in [5.74, 6) is 1.56. The predicted molar refractivity (Wildman–Crippen MR) is 229 cm³/mol. The average molecular weight is 875 g/mol. The van der Waals surface area contributed by atoms with Gasteiger partial charge >= 0.3 is 11.9 Å². The summed E-state index contributed by atoms with van der Waals surface area (Å²) in [4.78, 5) is 61.9. The molecule has 2 aromatic carbocycles. The second kappa shape index (κ2) is 13.2. The first kappa shape index (κ1) is 39.2. The van der Waals surface area contributed by atoms with E-state index >= 15 is 0 Å². The van der Waals surface area contributed by atoms with Gasteiger partial charge in [-0.1, -0.05) is 12.1 Å². The smallest absolute Gasteiger partial charge is 0.315 e. The fourth-order valence-corrected chi connectivity index (χ4v) is 15.6. The summed E-state index contributed by atoms with van der Waals surface area (Å²) < 4.78 is 25.4. The van der Waals surface area contributed by atoms with Crippen LogP contribution >= 0.6 is 11.3 Å². The van der Waals surface area contributed by atoms with Gasteiger partial charge in [-0.15, -0.1) is 11.3 Å². The van der Waals surface area contributed by atoms with Crippen LogP contribution in [-0.2, 0) is 55.7 Å². The van der Waals surface area contributed by atoms with E-state index < -0.39 is 46.2 Å². The van der Waals surface area contributed by atoms with E-state index in [9.17, 15) is 29.4 Å². The summed E-state index contributed by atoms with van der Waals surface area (Å²) in [7, 11) is 0. The van der Waals surface area contributed by atoms with Gasteiger partial charge in [0.05, 0.1) is 34.9 Å². The maximum Gasteiger partial charge on any atom is 0.315 e. The van der Waals surface area contributed by atoms with Crippen LogP contribution in [0.2, 0.25) is 0 Å². The fraction of sp³-hybridized carbons (Fsp3) is 0.600. The minimum atomic E-state index is -1.12. The van der Waals surface area contributed by atoms with E-state index in [-0.39, 0.29) is 60.8 Å². The molecule has 0 radical (unpaired) electrons. The largest absolute Gasteiger partial charge is 0.477 e. The SMILES string of the molecule is Cc1sc(C)c(CC(=O)Oc2ccc3c4c2O[C@H]2C(=O)CC[C@@]5(O)[C@@H](C3)N(CC3CC3)CC[C@]425)c1CC(=O)Oc1ccc2c3c1O[C@H]1C(=O)CC[C@@]4(O)[C@@H](C2)N(CC2CC2)CC[C@]314. The highest BCUT2D eigenvalue weighted by Crippen LogP contribution is 2.67. The van der Waals surface area contributed by atoms with E-state index in [1.165, 1.54) is 37.0 Å². The number of piperidine rings is 2. The maximum atomic E-state index is 14.0. The predicted octanol–water partition coefficient (Wildman–Crippen LogP) is 4.93. The number of nitrogens with zero attached hydrogens (tertiary/aromatic N) is 2. The van der Waals surface area contributed by atoms with Gasteiger partial charge in [0, 0.05) is 58.9 Å². The van der Waals surface area contributed by atoms with Crippen LogP contribution in [-0.4, -0.2) is 105 Å². The number of rotatable bonds is 10. The molecule has 6 fully saturated rings. The third-order valence-corrected chi connectivity index (χ3v) is 18.8. The molecule has 2 spiro atoms. The van der Waals surface area contributed by atoms with Gasteiger partial charge < -0.3 is 29.2 Å². The van der Waals surface area contributed by atoms with Gasteiger partial charge in [-0.05, 0) is 137 Å². The van der Waals surface area contributed by atoms with Crippen molar-refractivity contribution in [2.75, 3.05) is 26.2 Å². The third-order valence-electron chi connectivity index (χ3n) is 17.7. The Labute approximate surface area is 370 Å². The lowest BCUT2D eigenvalue weighted by Crippen LogP contribution is -2.76. The minimum Gasteiger partial charge on any atom is -0.477 e. The third kappa shape index (κ3) is 5.23. The summed E-state index contributed by atoms with van der Waals surface area (Å²) in [6, 6.07) is 7.32. The summed E-state index contributed by atoms with van der Waals surface area (Å²) in [5, 5.41) is 25.4. The molecule has 4 aliphatic heterocycles. The number of thiophene rings is 1. The molecule has 10 aliphatic rings. The zero-order chi connectivity index (χ0) is 42.9. The van der Waals surface area contributed by atoms with Gasteiger partial charge in [-0.2, -0.15) is 0 Å². The molecule has 0 unspecified atom stereocenters. The number of aryl methyl sites for hydroxylation is 2. The monoisotopic (exact) mass is 874 g/mol. The van der Waals surface area contributed by atoms with E-state index in [1.807, 2.05) is 26.0 Å². The highest BCUT2D eigenvalue weighted by molar-refractivity contribution is 7.12. The molecule has 6 aliphatic carbocycles. The van der Waals surface area contributed by atoms with Crippen LogP contribution in [0.25, 0.3) is 0 Å². The number of hydrogen-bond acceptors (Lipinski definition) is 13. The Morgan fingerprint density at radius 3 is 1.52 bits per heavy atom. The number of carbonyl (C=O) groups is 4. The number of benzene rings is 2. The van der Waals surface area contributed by atoms with Crippen molar-refractivity contribution in [1.82, 2.24) is 9.80 Å². The summed E-state index contributed by atoms with van der Waals surface area (Å²) in [6.07, 6.45) is 6.89. The number of likely N-dealkylation sites (tertiary alicyclic amines) is 2. The van der Waals surface area contributed by atoms with Gasteiger partial charge in [-0.25, -0.2) is 0 Å². The van der Waals surface area contributed by atoms with Crippen LogP contribution in [0.4, 0.5) is 0 Å². The molecule has 13 heteroatoms. The molecule has 2 saturated heterocycles. The lowest BCUT2D eigenvalue weighted by Gasteiger charge is -2.62. The second-order valence-electron chi connectivity index (χ2n) is 20.9. The number of ether oxygens (including phenoxy) is 4. The molecule has 0 amide bonds. The van der Waals surface area contributed by atoms with E-state index in [4.69, 9.17) is 18.9 Å². The first-order valence-corrected chi connectivity index (χ1v) is 24.3. The Hall–Kier alpha value is -4.14. The Bertz CT molecular complexity index is 2410. The quantitative estimate of drug-likeness (QED) is 0.210. The number of esters is 2. The first-order chi connectivity index (χ1) is 30.3. The molecule has 12 nitrogen and oxygen atoms in total. The van der Waals surface area contributed by atoms with Crippen molar-refractivity contribution >= 4 is 34.8 Å². The summed E-state index contributed by atoms with van der Waals surface area (Å²) in [5.41, 5.74) is 1.18. The molecule has 8 atom stereocenters. The van der Waals surface area contributed by atoms with Gasteiger partial charge in [0.25, 0.3) is 0 Å². The van der Waals surface area contributed by atoms with Crippen molar-refractivity contribution in [3.05, 3.63) is 67.4 Å².